The predicted octanol–water partition coefficient (Wildman–Crippen LogP) is 5.62. The van der Waals surface area contributed by atoms with E-state index in [0.29, 0.717) is 6.04 Å². The maximum absolute atomic E-state index is 6.27. The van der Waals surface area contributed by atoms with Gasteiger partial charge in [0, 0.05) is 9.61 Å². The zero-order valence-electron chi connectivity index (χ0n) is 12.3. The Balaban J connectivity index is 2.08. The van der Waals surface area contributed by atoms with Crippen molar-refractivity contribution in [2.24, 2.45) is 0 Å². The van der Waals surface area contributed by atoms with Gasteiger partial charge in [0.1, 0.15) is 0 Å². The van der Waals surface area contributed by atoms with Gasteiger partial charge in [0.2, 0.25) is 0 Å². The number of rotatable bonds is 7. The number of nitrogens with one attached hydrogen (secondary N) is 1. The molecule has 1 atom stereocenters. The Morgan fingerprint density at radius 3 is 2.57 bits per heavy atom. The average Bonchev–Trinajstić information content (AvgIpc) is 2.51. The SMILES string of the molecule is CCCNC(CCc1ccccc1)c1ccc(I)c(Cl)c1. The largest absolute Gasteiger partial charge is 0.310 e. The summed E-state index contributed by atoms with van der Waals surface area (Å²) in [6, 6.07) is 17.4. The van der Waals surface area contributed by atoms with Gasteiger partial charge in [-0.1, -0.05) is 54.9 Å². The Morgan fingerprint density at radius 2 is 1.90 bits per heavy atom. The second-order valence-electron chi connectivity index (χ2n) is 5.20. The molecule has 0 saturated heterocycles. The van der Waals surface area contributed by atoms with Gasteiger partial charge in [-0.3, -0.25) is 0 Å². The molecule has 21 heavy (non-hydrogen) atoms. The van der Waals surface area contributed by atoms with Crippen LogP contribution in [-0.2, 0) is 6.42 Å². The Bertz CT molecular complexity index is 556. The fraction of sp³-hybridized carbons (Fsp3) is 0.333. The molecule has 0 aliphatic heterocycles. The summed E-state index contributed by atoms with van der Waals surface area (Å²) in [5.74, 6) is 0. The molecule has 0 saturated carbocycles. The highest BCUT2D eigenvalue weighted by Crippen LogP contribution is 2.26. The van der Waals surface area contributed by atoms with Crippen LogP contribution in [0.4, 0.5) is 0 Å². The molecule has 0 bridgehead atoms. The molecule has 0 aromatic heterocycles. The lowest BCUT2D eigenvalue weighted by Gasteiger charge is -2.19. The molecule has 2 aromatic rings. The van der Waals surface area contributed by atoms with Gasteiger partial charge in [-0.2, -0.15) is 0 Å². The fourth-order valence-corrected chi connectivity index (χ4v) is 2.91. The number of halogens is 2. The Labute approximate surface area is 146 Å². The van der Waals surface area contributed by atoms with Crippen LogP contribution < -0.4 is 5.32 Å². The minimum atomic E-state index is 0.361. The van der Waals surface area contributed by atoms with Crippen LogP contribution in [0.1, 0.15) is 36.9 Å². The molecular weight excluding hydrogens is 393 g/mol. The van der Waals surface area contributed by atoms with Crippen molar-refractivity contribution in [3.63, 3.8) is 0 Å². The molecule has 0 aliphatic rings. The van der Waals surface area contributed by atoms with E-state index in [4.69, 9.17) is 11.6 Å². The van der Waals surface area contributed by atoms with Gasteiger partial charge in [-0.05, 0) is 71.7 Å². The minimum Gasteiger partial charge on any atom is -0.310 e. The molecule has 1 nitrogen and oxygen atoms in total. The second kappa shape index (κ2) is 8.76. The van der Waals surface area contributed by atoms with Crippen LogP contribution in [0.5, 0.6) is 0 Å². The van der Waals surface area contributed by atoms with Gasteiger partial charge in [0.05, 0.1) is 5.02 Å². The van der Waals surface area contributed by atoms with Crippen molar-refractivity contribution in [1.29, 1.82) is 0 Å². The summed E-state index contributed by atoms with van der Waals surface area (Å²) in [5, 5.41) is 4.49. The molecule has 0 amide bonds. The average molecular weight is 414 g/mol. The van der Waals surface area contributed by atoms with Gasteiger partial charge < -0.3 is 5.32 Å². The van der Waals surface area contributed by atoms with E-state index in [2.05, 4.69) is 83.4 Å². The van der Waals surface area contributed by atoms with E-state index in [1.807, 2.05) is 0 Å². The third kappa shape index (κ3) is 5.28. The van der Waals surface area contributed by atoms with Gasteiger partial charge >= 0.3 is 0 Å². The van der Waals surface area contributed by atoms with E-state index in [1.165, 1.54) is 11.1 Å². The zero-order chi connectivity index (χ0) is 15.1. The van der Waals surface area contributed by atoms with Crippen LogP contribution in [0.25, 0.3) is 0 Å². The molecule has 112 valence electrons. The zero-order valence-corrected chi connectivity index (χ0v) is 15.2. The summed E-state index contributed by atoms with van der Waals surface area (Å²) < 4.78 is 1.11. The molecule has 0 aliphatic carbocycles. The van der Waals surface area contributed by atoms with Crippen molar-refractivity contribution >= 4 is 34.2 Å². The first-order valence-corrected chi connectivity index (χ1v) is 8.88. The molecule has 0 heterocycles. The maximum Gasteiger partial charge on any atom is 0.0542 e. The van der Waals surface area contributed by atoms with Gasteiger partial charge in [-0.15, -0.1) is 0 Å². The standard InChI is InChI=1S/C18H21ClIN/c1-2-12-21-18(11-8-14-6-4-3-5-7-14)15-9-10-17(20)16(19)13-15/h3-7,9-10,13,18,21H,2,8,11-12H2,1H3. The summed E-state index contributed by atoms with van der Waals surface area (Å²) in [5.41, 5.74) is 2.67. The first kappa shape index (κ1) is 16.8. The van der Waals surface area contributed by atoms with Crippen LogP contribution >= 0.6 is 34.2 Å². The van der Waals surface area contributed by atoms with E-state index < -0.39 is 0 Å². The van der Waals surface area contributed by atoms with Gasteiger partial charge in [0.15, 0.2) is 0 Å². The normalized spacial score (nSPS) is 12.3. The quantitative estimate of drug-likeness (QED) is 0.581. The molecule has 0 fully saturated rings. The smallest absolute Gasteiger partial charge is 0.0542 e. The molecule has 2 rings (SSSR count). The summed E-state index contributed by atoms with van der Waals surface area (Å²) in [4.78, 5) is 0. The van der Waals surface area contributed by atoms with Crippen LogP contribution in [0.2, 0.25) is 5.02 Å². The highest BCUT2D eigenvalue weighted by molar-refractivity contribution is 14.1. The highest BCUT2D eigenvalue weighted by Gasteiger charge is 2.12. The Morgan fingerprint density at radius 1 is 1.14 bits per heavy atom. The van der Waals surface area contributed by atoms with E-state index in [9.17, 15) is 0 Å². The van der Waals surface area contributed by atoms with Crippen molar-refractivity contribution in [2.45, 2.75) is 32.2 Å². The van der Waals surface area contributed by atoms with Crippen LogP contribution in [0, 0.1) is 3.57 Å². The van der Waals surface area contributed by atoms with Crippen molar-refractivity contribution in [2.75, 3.05) is 6.54 Å². The summed E-state index contributed by atoms with van der Waals surface area (Å²) in [7, 11) is 0. The minimum absolute atomic E-state index is 0.361. The molecule has 2 aromatic carbocycles. The first-order valence-electron chi connectivity index (χ1n) is 7.43. The summed E-state index contributed by atoms with van der Waals surface area (Å²) in [6.07, 6.45) is 3.30. The number of hydrogen-bond donors (Lipinski definition) is 1. The van der Waals surface area contributed by atoms with Crippen LogP contribution in [0.3, 0.4) is 0 Å². The molecule has 3 heteroatoms. The second-order valence-corrected chi connectivity index (χ2v) is 6.77. The van der Waals surface area contributed by atoms with E-state index >= 15 is 0 Å². The molecule has 0 spiro atoms. The predicted molar refractivity (Wildman–Crippen MR) is 100.0 cm³/mol. The monoisotopic (exact) mass is 413 g/mol. The summed E-state index contributed by atoms with van der Waals surface area (Å²) >= 11 is 8.55. The third-order valence-electron chi connectivity index (χ3n) is 3.55. The lowest BCUT2D eigenvalue weighted by molar-refractivity contribution is 0.499. The topological polar surface area (TPSA) is 12.0 Å². The highest BCUT2D eigenvalue weighted by atomic mass is 127. The number of benzene rings is 2. The molecular formula is C18H21ClIN. The summed E-state index contributed by atoms with van der Waals surface area (Å²) in [6.45, 7) is 3.23. The maximum atomic E-state index is 6.27. The molecule has 1 unspecified atom stereocenters. The first-order chi connectivity index (χ1) is 10.2. The molecule has 0 radical (unpaired) electrons. The van der Waals surface area contributed by atoms with Crippen molar-refractivity contribution in [3.8, 4) is 0 Å². The van der Waals surface area contributed by atoms with Crippen LogP contribution in [0.15, 0.2) is 48.5 Å². The lowest BCUT2D eigenvalue weighted by Crippen LogP contribution is -2.22. The van der Waals surface area contributed by atoms with Crippen LogP contribution in [-0.4, -0.2) is 6.54 Å². The Kier molecular flexibility index (Phi) is 7.00. The van der Waals surface area contributed by atoms with E-state index in [0.717, 1.165) is 34.4 Å². The van der Waals surface area contributed by atoms with E-state index in [1.54, 1.807) is 0 Å². The van der Waals surface area contributed by atoms with Gasteiger partial charge in [0.25, 0.3) is 0 Å². The van der Waals surface area contributed by atoms with Crippen molar-refractivity contribution < 1.29 is 0 Å². The Hall–Kier alpha value is -0.580. The van der Waals surface area contributed by atoms with Gasteiger partial charge in [-0.25, -0.2) is 0 Å². The third-order valence-corrected chi connectivity index (χ3v) is 5.12. The number of hydrogen-bond acceptors (Lipinski definition) is 1. The fourth-order valence-electron chi connectivity index (χ4n) is 2.39. The molecule has 1 N–H and O–H groups in total. The van der Waals surface area contributed by atoms with E-state index in [-0.39, 0.29) is 0 Å². The number of aryl methyl sites for hydroxylation is 1. The lowest BCUT2D eigenvalue weighted by atomic mass is 9.99. The van der Waals surface area contributed by atoms with Crippen molar-refractivity contribution in [1.82, 2.24) is 5.32 Å². The van der Waals surface area contributed by atoms with Crippen molar-refractivity contribution in [3.05, 3.63) is 68.3 Å².